The second-order valence-corrected chi connectivity index (χ2v) is 15.8. The summed E-state index contributed by atoms with van der Waals surface area (Å²) in [6.07, 6.45) is -1.07. The maximum atomic E-state index is 14.3. The lowest BCUT2D eigenvalue weighted by Crippen LogP contribution is -2.63. The summed E-state index contributed by atoms with van der Waals surface area (Å²) in [5, 5.41) is 11.4. The SMILES string of the molecule is CC[C@H](NC(=O)[C@@H]1C[C@@](C)(NC(=O)Nc2ccc(F)cc2)c2ncc(NCc3cccc(C(F)(F)F)c3)c(=O)n21)B1O[C@@H]2C3CC(C[C@]2(C)O1)C3(C)C. The van der Waals surface area contributed by atoms with Crippen molar-refractivity contribution in [2.45, 2.75) is 102 Å². The fraction of sp³-hybridized carbons (Fsp3) is 0.514. The first-order valence-electron chi connectivity index (χ1n) is 17.9. The molecule has 11 nitrogen and oxygen atoms in total. The Morgan fingerprint density at radius 1 is 1.09 bits per heavy atom. The van der Waals surface area contributed by atoms with Gasteiger partial charge in [0.25, 0.3) is 5.56 Å². The average molecular weight is 739 g/mol. The molecule has 7 atom stereocenters. The molecule has 0 radical (unpaired) electrons. The summed E-state index contributed by atoms with van der Waals surface area (Å²) < 4.78 is 67.8. The van der Waals surface area contributed by atoms with E-state index in [2.05, 4.69) is 47.0 Å². The van der Waals surface area contributed by atoms with Crippen molar-refractivity contribution in [3.05, 3.63) is 87.9 Å². The van der Waals surface area contributed by atoms with Crippen molar-refractivity contribution in [3.8, 4) is 0 Å². The highest BCUT2D eigenvalue weighted by atomic mass is 19.4. The summed E-state index contributed by atoms with van der Waals surface area (Å²) >= 11 is 0. The van der Waals surface area contributed by atoms with Gasteiger partial charge in [-0.15, -0.1) is 0 Å². The first kappa shape index (κ1) is 36.9. The number of benzene rings is 2. The van der Waals surface area contributed by atoms with Crippen LogP contribution in [0.2, 0.25) is 0 Å². The summed E-state index contributed by atoms with van der Waals surface area (Å²) in [4.78, 5) is 46.1. The summed E-state index contributed by atoms with van der Waals surface area (Å²) in [5.74, 6) is -0.579. The van der Waals surface area contributed by atoms with E-state index in [1.54, 1.807) is 6.92 Å². The lowest BCUT2D eigenvalue weighted by Gasteiger charge is -2.63. The van der Waals surface area contributed by atoms with Crippen molar-refractivity contribution >= 4 is 30.4 Å². The Bertz CT molecular complexity index is 1980. The number of fused-ring (bicyclic) bond motifs is 1. The van der Waals surface area contributed by atoms with Crippen LogP contribution in [0.4, 0.5) is 33.7 Å². The predicted molar refractivity (Wildman–Crippen MR) is 189 cm³/mol. The van der Waals surface area contributed by atoms with E-state index >= 15 is 0 Å². The number of carbonyl (C=O) groups is 2. The van der Waals surface area contributed by atoms with E-state index in [1.165, 1.54) is 47.2 Å². The molecule has 4 N–H and O–H groups in total. The molecule has 2 aromatic carbocycles. The van der Waals surface area contributed by atoms with Crippen LogP contribution >= 0.6 is 0 Å². The van der Waals surface area contributed by atoms with Gasteiger partial charge in [0, 0.05) is 18.7 Å². The summed E-state index contributed by atoms with van der Waals surface area (Å²) in [6.45, 7) is 10.0. The van der Waals surface area contributed by atoms with Gasteiger partial charge in [0.2, 0.25) is 5.91 Å². The molecule has 0 spiro atoms. The number of carbonyl (C=O) groups excluding carboxylic acids is 2. The summed E-state index contributed by atoms with van der Waals surface area (Å²) in [7, 11) is -0.712. The number of anilines is 2. The van der Waals surface area contributed by atoms with Gasteiger partial charge in [-0.25, -0.2) is 14.2 Å². The zero-order chi connectivity index (χ0) is 38.1. The molecule has 3 amide bonds. The van der Waals surface area contributed by atoms with Gasteiger partial charge in [-0.3, -0.25) is 14.2 Å². The number of alkyl halides is 3. The van der Waals surface area contributed by atoms with Crippen LogP contribution in [-0.2, 0) is 32.4 Å². The van der Waals surface area contributed by atoms with Gasteiger partial charge < -0.3 is 30.6 Å². The van der Waals surface area contributed by atoms with E-state index in [0.717, 1.165) is 25.0 Å². The zero-order valence-electron chi connectivity index (χ0n) is 30.1. The summed E-state index contributed by atoms with van der Waals surface area (Å²) in [6, 6.07) is 8.07. The smallest absolute Gasteiger partial charge is 0.404 e. The number of urea groups is 1. The number of halogens is 4. The van der Waals surface area contributed by atoms with Gasteiger partial charge in [-0.2, -0.15) is 13.2 Å². The highest BCUT2D eigenvalue weighted by molar-refractivity contribution is 6.47. The molecule has 53 heavy (non-hydrogen) atoms. The molecule has 1 saturated heterocycles. The Kier molecular flexibility index (Phi) is 9.16. The lowest BCUT2D eigenvalue weighted by molar-refractivity contribution is -0.185. The fourth-order valence-electron chi connectivity index (χ4n) is 8.73. The first-order valence-corrected chi connectivity index (χ1v) is 17.9. The molecular formula is C37H43BF4N6O5. The molecule has 282 valence electrons. The van der Waals surface area contributed by atoms with Crippen LogP contribution in [0.5, 0.6) is 0 Å². The quantitative estimate of drug-likeness (QED) is 0.153. The third-order valence-corrected chi connectivity index (χ3v) is 11.9. The Morgan fingerprint density at radius 2 is 1.83 bits per heavy atom. The van der Waals surface area contributed by atoms with Crippen molar-refractivity contribution in [1.82, 2.24) is 20.2 Å². The van der Waals surface area contributed by atoms with Gasteiger partial charge in [-0.05, 0) is 92.3 Å². The molecule has 3 aromatic rings. The highest BCUT2D eigenvalue weighted by Gasteiger charge is 2.67. The van der Waals surface area contributed by atoms with Gasteiger partial charge >= 0.3 is 19.3 Å². The maximum absolute atomic E-state index is 14.3. The third kappa shape index (κ3) is 6.68. The van der Waals surface area contributed by atoms with E-state index < -0.39 is 65.3 Å². The first-order chi connectivity index (χ1) is 24.9. The van der Waals surface area contributed by atoms with Crippen LogP contribution in [0.15, 0.2) is 59.5 Å². The van der Waals surface area contributed by atoms with Crippen molar-refractivity contribution < 1.29 is 36.5 Å². The minimum Gasteiger partial charge on any atom is -0.404 e. The minimum absolute atomic E-state index is 0.0444. The van der Waals surface area contributed by atoms with Gasteiger partial charge in [-0.1, -0.05) is 32.9 Å². The van der Waals surface area contributed by atoms with E-state index in [-0.39, 0.29) is 41.6 Å². The molecule has 3 heterocycles. The number of hydrogen-bond donors (Lipinski definition) is 4. The minimum atomic E-state index is -4.54. The second-order valence-electron chi connectivity index (χ2n) is 15.8. The lowest BCUT2D eigenvalue weighted by atomic mass is 9.45. The Labute approximate surface area is 304 Å². The Hall–Kier alpha value is -4.44. The predicted octanol–water partition coefficient (Wildman–Crippen LogP) is 6.16. The molecule has 2 unspecified atom stereocenters. The molecule has 5 aliphatic rings. The number of hydrogen-bond acceptors (Lipinski definition) is 7. The van der Waals surface area contributed by atoms with Crippen LogP contribution in [0, 0.1) is 23.1 Å². The molecule has 8 rings (SSSR count). The summed E-state index contributed by atoms with van der Waals surface area (Å²) in [5.41, 5.74) is -2.59. The van der Waals surface area contributed by atoms with Crippen LogP contribution in [0.3, 0.4) is 0 Å². The van der Waals surface area contributed by atoms with E-state index in [1.807, 2.05) is 6.92 Å². The van der Waals surface area contributed by atoms with Crippen LogP contribution in [-0.4, -0.2) is 46.3 Å². The van der Waals surface area contributed by atoms with E-state index in [4.69, 9.17) is 9.31 Å². The zero-order valence-corrected chi connectivity index (χ0v) is 30.1. The van der Waals surface area contributed by atoms with Crippen molar-refractivity contribution in [2.75, 3.05) is 10.6 Å². The van der Waals surface area contributed by atoms with Crippen LogP contribution < -0.4 is 26.8 Å². The molecule has 16 heteroatoms. The van der Waals surface area contributed by atoms with Gasteiger partial charge in [0.1, 0.15) is 23.4 Å². The Balaban J connectivity index is 1.14. The molecule has 2 aliphatic heterocycles. The molecule has 1 aromatic heterocycles. The number of nitrogens with zero attached hydrogens (tertiary/aromatic N) is 2. The molecule has 3 aliphatic carbocycles. The maximum Gasteiger partial charge on any atom is 0.481 e. The van der Waals surface area contributed by atoms with Gasteiger partial charge in [0.15, 0.2) is 0 Å². The van der Waals surface area contributed by atoms with Gasteiger partial charge in [0.05, 0.1) is 34.9 Å². The highest BCUT2D eigenvalue weighted by Crippen LogP contribution is 2.64. The van der Waals surface area contributed by atoms with Crippen LogP contribution in [0.1, 0.15) is 83.3 Å². The van der Waals surface area contributed by atoms with Crippen LogP contribution in [0.25, 0.3) is 0 Å². The standard InChI is InChI=1S/C37H43BF4N6O5/c1-6-28(38-52-29-25-15-22(34(25,2)3)16-36(29,5)53-38)46-30(49)27-17-35(4,47-33(51)45-24-12-10-23(39)11-13-24)32-44-19-26(31(50)48(27)32)43-18-20-8-7-9-21(14-20)37(40,41)42/h7-14,19,22,25,27-29,43H,6,15-18H2,1-5H3,(H,46,49)(H2,45,47,51)/t22?,25?,27-,28-,29+,35+,36-/m0/s1. The molecule has 2 bridgehead atoms. The Morgan fingerprint density at radius 3 is 2.51 bits per heavy atom. The number of nitrogens with one attached hydrogen (secondary N) is 4. The molecule has 4 fully saturated rings. The number of amides is 3. The largest absolute Gasteiger partial charge is 0.481 e. The van der Waals surface area contributed by atoms with Crippen molar-refractivity contribution in [3.63, 3.8) is 0 Å². The topological polar surface area (TPSA) is 136 Å². The monoisotopic (exact) mass is 738 g/mol. The molecule has 3 saturated carbocycles. The van der Waals surface area contributed by atoms with Crippen molar-refractivity contribution in [1.29, 1.82) is 0 Å². The number of rotatable bonds is 9. The number of aromatic nitrogens is 2. The molecular weight excluding hydrogens is 695 g/mol. The van der Waals surface area contributed by atoms with E-state index in [0.29, 0.717) is 23.9 Å². The fourth-order valence-corrected chi connectivity index (χ4v) is 8.73. The third-order valence-electron chi connectivity index (χ3n) is 11.9. The average Bonchev–Trinajstić information content (AvgIpc) is 3.61. The second kappa shape index (κ2) is 13.1. The van der Waals surface area contributed by atoms with Crippen molar-refractivity contribution in [2.24, 2.45) is 17.3 Å². The van der Waals surface area contributed by atoms with E-state index in [9.17, 15) is 31.9 Å². The normalized spacial score (nSPS) is 28.7.